The zero-order valence-electron chi connectivity index (χ0n) is 16.4. The van der Waals surface area contributed by atoms with Gasteiger partial charge in [-0.05, 0) is 35.3 Å². The molecule has 2 aromatic carbocycles. The molecule has 0 saturated heterocycles. The van der Waals surface area contributed by atoms with Crippen molar-refractivity contribution in [2.45, 2.75) is 13.0 Å². The lowest BCUT2D eigenvalue weighted by Gasteiger charge is -2.15. The minimum absolute atomic E-state index is 0.00266. The fourth-order valence-electron chi connectivity index (χ4n) is 2.59. The van der Waals surface area contributed by atoms with Crippen molar-refractivity contribution in [2.75, 3.05) is 6.61 Å². The highest BCUT2D eigenvalue weighted by atomic mass is 35.5. The minimum atomic E-state index is -2.73. The monoisotopic (exact) mass is 519 g/mol. The summed E-state index contributed by atoms with van der Waals surface area (Å²) in [4.78, 5) is 23.7. The van der Waals surface area contributed by atoms with E-state index >= 15 is 0 Å². The van der Waals surface area contributed by atoms with Gasteiger partial charge in [-0.2, -0.15) is 0 Å². The van der Waals surface area contributed by atoms with Gasteiger partial charge in [0.25, 0.3) is 12.3 Å². The SMILES string of the molecule is O=C(NCc1ccc(-c2cc(Cl)cc(Cl)c2OCC(F)F)cc1F)NNC(=O)c1cnns1. The summed E-state index contributed by atoms with van der Waals surface area (Å²) in [7, 11) is 0. The van der Waals surface area contributed by atoms with Crippen molar-refractivity contribution in [3.63, 3.8) is 0 Å². The molecule has 0 aliphatic rings. The molecule has 3 amide bonds. The number of nitrogens with zero attached hydrogens (tertiary/aromatic N) is 2. The van der Waals surface area contributed by atoms with Crippen LogP contribution in [0, 0.1) is 5.82 Å². The molecule has 0 spiro atoms. The van der Waals surface area contributed by atoms with Crippen LogP contribution >= 0.6 is 34.7 Å². The first-order chi connectivity index (χ1) is 15.7. The quantitative estimate of drug-likeness (QED) is 0.400. The number of aromatic nitrogens is 2. The lowest BCUT2D eigenvalue weighted by atomic mass is 10.0. The van der Waals surface area contributed by atoms with Crippen LogP contribution in [0.25, 0.3) is 11.1 Å². The Morgan fingerprint density at radius 2 is 1.94 bits per heavy atom. The zero-order valence-corrected chi connectivity index (χ0v) is 18.7. The Morgan fingerprint density at radius 1 is 1.15 bits per heavy atom. The number of hydrogen-bond donors (Lipinski definition) is 3. The molecule has 14 heteroatoms. The Labute approximate surface area is 199 Å². The van der Waals surface area contributed by atoms with Crippen molar-refractivity contribution >= 4 is 46.7 Å². The van der Waals surface area contributed by atoms with Crippen LogP contribution in [0.5, 0.6) is 5.75 Å². The fourth-order valence-corrected chi connectivity index (χ4v) is 3.55. The predicted molar refractivity (Wildman–Crippen MR) is 116 cm³/mol. The van der Waals surface area contributed by atoms with Gasteiger partial charge in [-0.3, -0.25) is 10.2 Å². The Kier molecular flexibility index (Phi) is 8.31. The maximum absolute atomic E-state index is 14.7. The molecule has 0 bridgehead atoms. The smallest absolute Gasteiger partial charge is 0.333 e. The first kappa shape index (κ1) is 24.6. The standard InChI is InChI=1S/C19H14Cl2F3N5O3S/c20-11-4-12(17(13(21)5-11)32-8-16(23)24)9-1-2-10(14(22)3-9)6-25-19(31)28-27-18(30)15-7-26-29-33-15/h1-5,7,16H,6,8H2,(H,27,30)(H2,25,28,31). The summed E-state index contributed by atoms with van der Waals surface area (Å²) >= 11 is 12.9. The summed E-state index contributed by atoms with van der Waals surface area (Å²) in [5, 5.41) is 6.08. The molecule has 3 N–H and O–H groups in total. The van der Waals surface area contributed by atoms with E-state index in [4.69, 9.17) is 27.9 Å². The van der Waals surface area contributed by atoms with Gasteiger partial charge in [0.1, 0.15) is 23.1 Å². The maximum atomic E-state index is 14.7. The summed E-state index contributed by atoms with van der Waals surface area (Å²) in [5.74, 6) is -1.36. The zero-order chi connectivity index (χ0) is 24.0. The van der Waals surface area contributed by atoms with Gasteiger partial charge in [0.2, 0.25) is 0 Å². The van der Waals surface area contributed by atoms with Crippen LogP contribution in [0.15, 0.2) is 36.5 Å². The van der Waals surface area contributed by atoms with Crippen molar-refractivity contribution in [2.24, 2.45) is 0 Å². The Morgan fingerprint density at radius 3 is 2.61 bits per heavy atom. The van der Waals surface area contributed by atoms with Crippen molar-refractivity contribution < 1.29 is 27.5 Å². The molecule has 1 aromatic heterocycles. The first-order valence-electron chi connectivity index (χ1n) is 9.05. The average Bonchev–Trinajstić information content (AvgIpc) is 3.30. The number of rotatable bonds is 7. The number of alkyl halides is 2. The molecule has 33 heavy (non-hydrogen) atoms. The second-order valence-electron chi connectivity index (χ2n) is 6.32. The summed E-state index contributed by atoms with van der Waals surface area (Å²) in [5.41, 5.74) is 4.88. The molecule has 0 atom stereocenters. The Balaban J connectivity index is 1.66. The van der Waals surface area contributed by atoms with E-state index in [1.807, 2.05) is 0 Å². The summed E-state index contributed by atoms with van der Waals surface area (Å²) in [6.45, 7) is -1.11. The second-order valence-corrected chi connectivity index (χ2v) is 7.95. The fraction of sp³-hybridized carbons (Fsp3) is 0.158. The lowest BCUT2D eigenvalue weighted by molar-refractivity contribution is 0.0822. The molecule has 8 nitrogen and oxygen atoms in total. The summed E-state index contributed by atoms with van der Waals surface area (Å²) in [6, 6.07) is 5.96. The Bertz CT molecular complexity index is 1150. The maximum Gasteiger partial charge on any atom is 0.333 e. The number of benzene rings is 2. The normalized spacial score (nSPS) is 10.7. The van der Waals surface area contributed by atoms with Crippen LogP contribution in [0.3, 0.4) is 0 Å². The van der Waals surface area contributed by atoms with Crippen molar-refractivity contribution in [1.82, 2.24) is 25.8 Å². The van der Waals surface area contributed by atoms with Crippen molar-refractivity contribution in [3.05, 3.63) is 62.8 Å². The van der Waals surface area contributed by atoms with Crippen LogP contribution in [0.4, 0.5) is 18.0 Å². The molecule has 0 saturated carbocycles. The highest BCUT2D eigenvalue weighted by molar-refractivity contribution is 7.07. The van der Waals surface area contributed by atoms with E-state index in [0.717, 1.165) is 17.6 Å². The van der Waals surface area contributed by atoms with E-state index in [-0.39, 0.29) is 43.9 Å². The number of ether oxygens (including phenoxy) is 1. The van der Waals surface area contributed by atoms with Gasteiger partial charge in [-0.25, -0.2) is 23.4 Å². The number of carbonyl (C=O) groups excluding carboxylic acids is 2. The molecule has 1 heterocycles. The van der Waals surface area contributed by atoms with E-state index in [0.29, 0.717) is 0 Å². The number of urea groups is 1. The minimum Gasteiger partial charge on any atom is -0.485 e. The third-order valence-corrected chi connectivity index (χ3v) is 5.20. The van der Waals surface area contributed by atoms with E-state index in [9.17, 15) is 22.8 Å². The highest BCUT2D eigenvalue weighted by Gasteiger charge is 2.17. The van der Waals surface area contributed by atoms with Gasteiger partial charge in [-0.15, -0.1) is 5.10 Å². The molecule has 0 radical (unpaired) electrons. The van der Waals surface area contributed by atoms with Crippen molar-refractivity contribution in [3.8, 4) is 16.9 Å². The molecular formula is C19H14Cl2F3N5O3S. The molecule has 0 fully saturated rings. The number of carbonyl (C=O) groups is 2. The number of hydrazine groups is 1. The van der Waals surface area contributed by atoms with Gasteiger partial charge >= 0.3 is 6.03 Å². The lowest BCUT2D eigenvalue weighted by Crippen LogP contribution is -2.46. The number of halogens is 5. The number of nitrogens with one attached hydrogen (secondary N) is 3. The van der Waals surface area contributed by atoms with Crippen LogP contribution in [-0.4, -0.2) is 34.6 Å². The molecular weight excluding hydrogens is 506 g/mol. The number of amides is 3. The third kappa shape index (κ3) is 6.70. The predicted octanol–water partition coefficient (Wildman–Crippen LogP) is 4.44. The van der Waals surface area contributed by atoms with E-state index in [1.54, 1.807) is 0 Å². The van der Waals surface area contributed by atoms with Gasteiger partial charge in [0.15, 0.2) is 0 Å². The van der Waals surface area contributed by atoms with Crippen LogP contribution in [0.2, 0.25) is 10.0 Å². The molecule has 3 aromatic rings. The Hall–Kier alpha value is -3.09. The van der Waals surface area contributed by atoms with Crippen LogP contribution < -0.4 is 20.9 Å². The first-order valence-corrected chi connectivity index (χ1v) is 10.6. The summed E-state index contributed by atoms with van der Waals surface area (Å²) < 4.78 is 48.4. The average molecular weight is 520 g/mol. The van der Waals surface area contributed by atoms with Gasteiger partial charge in [-0.1, -0.05) is 39.8 Å². The highest BCUT2D eigenvalue weighted by Crippen LogP contribution is 2.39. The van der Waals surface area contributed by atoms with E-state index in [2.05, 4.69) is 25.8 Å². The van der Waals surface area contributed by atoms with E-state index < -0.39 is 30.8 Å². The molecule has 174 valence electrons. The molecule has 0 unspecified atom stereocenters. The third-order valence-electron chi connectivity index (χ3n) is 4.04. The van der Waals surface area contributed by atoms with Gasteiger partial charge in [0, 0.05) is 22.7 Å². The largest absolute Gasteiger partial charge is 0.485 e. The molecule has 3 rings (SSSR count). The topological polar surface area (TPSA) is 105 Å². The second kappa shape index (κ2) is 11.2. The molecule has 0 aliphatic heterocycles. The van der Waals surface area contributed by atoms with Gasteiger partial charge in [0.05, 0.1) is 11.2 Å². The van der Waals surface area contributed by atoms with Crippen molar-refractivity contribution in [1.29, 1.82) is 0 Å². The number of hydrogen-bond acceptors (Lipinski definition) is 6. The summed E-state index contributed by atoms with van der Waals surface area (Å²) in [6.07, 6.45) is -1.50. The molecule has 0 aliphatic carbocycles. The van der Waals surface area contributed by atoms with Crippen LogP contribution in [-0.2, 0) is 6.54 Å². The van der Waals surface area contributed by atoms with E-state index in [1.165, 1.54) is 30.5 Å². The van der Waals surface area contributed by atoms with Gasteiger partial charge < -0.3 is 10.1 Å². The van der Waals surface area contributed by atoms with Crippen LogP contribution in [0.1, 0.15) is 15.2 Å².